The van der Waals surface area contributed by atoms with Crippen LogP contribution < -0.4 is 0 Å². The molecule has 3 rings (SSSR count). The van der Waals surface area contributed by atoms with Gasteiger partial charge in [-0.15, -0.1) is 11.8 Å². The molecule has 2 aliphatic carbocycles. The standard InChI is InChI=1S/C17H16F3NO4S/c1-24-15(23)16(17(18,19)20)6-5-10(12(7-16)26-2)13(22)11-8-21-25-14(11)9-3-4-9/h5-6,8-9H,3-4,7H2,1-2H3. The number of alkyl halides is 3. The second-order valence-electron chi connectivity index (χ2n) is 6.22. The summed E-state index contributed by atoms with van der Waals surface area (Å²) in [7, 11) is 0.909. The Balaban J connectivity index is 2.00. The molecule has 0 aromatic carbocycles. The number of Topliss-reactive ketones (excluding diaryl/α,β-unsaturated/α-hetero) is 1. The minimum absolute atomic E-state index is 0.117. The molecule has 0 bridgehead atoms. The molecule has 1 unspecified atom stereocenters. The molecule has 0 aliphatic heterocycles. The number of halogens is 3. The fourth-order valence-electron chi connectivity index (χ4n) is 2.95. The van der Waals surface area contributed by atoms with Crippen LogP contribution in [0.5, 0.6) is 0 Å². The van der Waals surface area contributed by atoms with Crippen molar-refractivity contribution in [3.63, 3.8) is 0 Å². The van der Waals surface area contributed by atoms with E-state index >= 15 is 0 Å². The summed E-state index contributed by atoms with van der Waals surface area (Å²) < 4.78 is 50.4. The van der Waals surface area contributed by atoms with Crippen molar-refractivity contribution in [2.24, 2.45) is 5.41 Å². The van der Waals surface area contributed by atoms with Gasteiger partial charge in [0.25, 0.3) is 0 Å². The van der Waals surface area contributed by atoms with Gasteiger partial charge in [-0.3, -0.25) is 9.59 Å². The molecule has 26 heavy (non-hydrogen) atoms. The van der Waals surface area contributed by atoms with Gasteiger partial charge in [-0.05, 0) is 24.0 Å². The monoisotopic (exact) mass is 387 g/mol. The molecule has 140 valence electrons. The zero-order chi connectivity index (χ0) is 19.1. The van der Waals surface area contributed by atoms with Crippen molar-refractivity contribution in [3.8, 4) is 0 Å². The lowest BCUT2D eigenvalue weighted by molar-refractivity contribution is -0.218. The first-order valence-electron chi connectivity index (χ1n) is 7.86. The van der Waals surface area contributed by atoms with Gasteiger partial charge >= 0.3 is 12.1 Å². The van der Waals surface area contributed by atoms with Crippen LogP contribution in [0.25, 0.3) is 0 Å². The third-order valence-corrected chi connectivity index (χ3v) is 5.47. The highest BCUT2D eigenvalue weighted by Gasteiger charge is 2.61. The number of ketones is 1. The van der Waals surface area contributed by atoms with Crippen molar-refractivity contribution in [2.45, 2.75) is 31.4 Å². The summed E-state index contributed by atoms with van der Waals surface area (Å²) in [6.07, 6.45) is 0.894. The minimum atomic E-state index is -4.84. The normalized spacial score (nSPS) is 23.3. The highest BCUT2D eigenvalue weighted by atomic mass is 32.2. The Morgan fingerprint density at radius 2 is 2.08 bits per heavy atom. The summed E-state index contributed by atoms with van der Waals surface area (Å²) >= 11 is 1.00. The van der Waals surface area contributed by atoms with E-state index in [1.165, 1.54) is 6.20 Å². The summed E-state index contributed by atoms with van der Waals surface area (Å²) in [5, 5.41) is 3.66. The van der Waals surface area contributed by atoms with E-state index in [4.69, 9.17) is 4.52 Å². The Morgan fingerprint density at radius 1 is 1.38 bits per heavy atom. The number of carbonyl (C=O) groups is 2. The van der Waals surface area contributed by atoms with Gasteiger partial charge in [0.1, 0.15) is 0 Å². The Bertz CT molecular complexity index is 807. The largest absolute Gasteiger partial charge is 0.468 e. The Morgan fingerprint density at radius 3 is 2.62 bits per heavy atom. The van der Waals surface area contributed by atoms with Crippen molar-refractivity contribution < 1.29 is 32.0 Å². The summed E-state index contributed by atoms with van der Waals surface area (Å²) in [6.45, 7) is 0. The van der Waals surface area contributed by atoms with Crippen molar-refractivity contribution in [1.29, 1.82) is 0 Å². The van der Waals surface area contributed by atoms with E-state index in [0.717, 1.165) is 43.9 Å². The highest BCUT2D eigenvalue weighted by Crippen LogP contribution is 2.50. The molecule has 0 N–H and O–H groups in total. The number of hydrogen-bond donors (Lipinski definition) is 0. The number of ether oxygens (including phenoxy) is 1. The number of rotatable bonds is 5. The zero-order valence-corrected chi connectivity index (χ0v) is 14.9. The van der Waals surface area contributed by atoms with Gasteiger partial charge in [-0.1, -0.05) is 17.3 Å². The fourth-order valence-corrected chi connectivity index (χ4v) is 3.70. The van der Waals surface area contributed by atoms with Crippen LogP contribution >= 0.6 is 11.8 Å². The van der Waals surface area contributed by atoms with Crippen LogP contribution in [-0.2, 0) is 9.53 Å². The highest BCUT2D eigenvalue weighted by molar-refractivity contribution is 8.02. The Kier molecular flexibility index (Phi) is 4.76. The summed E-state index contributed by atoms with van der Waals surface area (Å²) in [6, 6.07) is 0. The van der Waals surface area contributed by atoms with Gasteiger partial charge in [0.15, 0.2) is 17.0 Å². The molecule has 2 aliphatic rings. The molecule has 0 amide bonds. The van der Waals surface area contributed by atoms with Crippen LogP contribution in [-0.4, -0.2) is 36.5 Å². The maximum Gasteiger partial charge on any atom is 0.408 e. The number of aromatic nitrogens is 1. The molecule has 1 aromatic heterocycles. The summed E-state index contributed by atoms with van der Waals surface area (Å²) in [5.41, 5.74) is -2.42. The first-order chi connectivity index (χ1) is 12.2. The molecule has 0 radical (unpaired) electrons. The average Bonchev–Trinajstić information content (AvgIpc) is 3.35. The lowest BCUT2D eigenvalue weighted by Crippen LogP contribution is -2.45. The van der Waals surface area contributed by atoms with Gasteiger partial charge in [0.2, 0.25) is 0 Å². The number of esters is 1. The maximum atomic E-state index is 13.6. The van der Waals surface area contributed by atoms with Crippen molar-refractivity contribution >= 4 is 23.5 Å². The van der Waals surface area contributed by atoms with E-state index in [2.05, 4.69) is 9.89 Å². The van der Waals surface area contributed by atoms with Crippen molar-refractivity contribution in [3.05, 3.63) is 40.2 Å². The molecule has 0 saturated heterocycles. The topological polar surface area (TPSA) is 69.4 Å². The Hall–Kier alpha value is -2.03. The number of thioether (sulfide) groups is 1. The van der Waals surface area contributed by atoms with Crippen molar-refractivity contribution in [1.82, 2.24) is 5.16 Å². The van der Waals surface area contributed by atoms with Crippen LogP contribution in [0.1, 0.15) is 41.3 Å². The lowest BCUT2D eigenvalue weighted by atomic mass is 9.78. The van der Waals surface area contributed by atoms with Crippen LogP contribution in [0, 0.1) is 5.41 Å². The summed E-state index contributed by atoms with van der Waals surface area (Å²) in [4.78, 5) is 25.0. The number of allylic oxidation sites excluding steroid dienone is 3. The second-order valence-corrected chi connectivity index (χ2v) is 7.12. The quantitative estimate of drug-likeness (QED) is 0.561. The predicted octanol–water partition coefficient (Wildman–Crippen LogP) is 4.03. The molecular formula is C17H16F3NO4S. The first-order valence-corrected chi connectivity index (χ1v) is 9.08. The van der Waals surface area contributed by atoms with E-state index in [0.29, 0.717) is 5.76 Å². The molecule has 1 atom stereocenters. The molecule has 9 heteroatoms. The number of methoxy groups -OCH3 is 1. The summed E-state index contributed by atoms with van der Waals surface area (Å²) in [5.74, 6) is -1.25. The van der Waals surface area contributed by atoms with E-state index < -0.39 is 29.8 Å². The molecule has 1 heterocycles. The van der Waals surface area contributed by atoms with E-state index in [1.54, 1.807) is 6.26 Å². The second kappa shape index (κ2) is 6.61. The minimum Gasteiger partial charge on any atom is -0.468 e. The molecule has 1 aromatic rings. The van der Waals surface area contributed by atoms with E-state index in [1.807, 2.05) is 0 Å². The first kappa shape index (κ1) is 18.8. The van der Waals surface area contributed by atoms with Gasteiger partial charge < -0.3 is 9.26 Å². The smallest absolute Gasteiger partial charge is 0.408 e. The van der Waals surface area contributed by atoms with Gasteiger partial charge in [-0.2, -0.15) is 13.2 Å². The number of nitrogens with zero attached hydrogens (tertiary/aromatic N) is 1. The van der Waals surface area contributed by atoms with E-state index in [-0.39, 0.29) is 22.0 Å². The van der Waals surface area contributed by atoms with Gasteiger partial charge in [-0.25, -0.2) is 0 Å². The lowest BCUT2D eigenvalue weighted by Gasteiger charge is -2.33. The average molecular weight is 387 g/mol. The number of hydrogen-bond acceptors (Lipinski definition) is 6. The number of carbonyl (C=O) groups excluding carboxylic acids is 2. The molecule has 0 spiro atoms. The predicted molar refractivity (Wildman–Crippen MR) is 87.6 cm³/mol. The van der Waals surface area contributed by atoms with Crippen molar-refractivity contribution in [2.75, 3.05) is 13.4 Å². The van der Waals surface area contributed by atoms with Gasteiger partial charge in [0, 0.05) is 17.9 Å². The maximum absolute atomic E-state index is 13.6. The fraction of sp³-hybridized carbons (Fsp3) is 0.471. The van der Waals surface area contributed by atoms with Crippen LogP contribution in [0.15, 0.2) is 33.4 Å². The molecular weight excluding hydrogens is 371 g/mol. The third-order valence-electron chi connectivity index (χ3n) is 4.61. The van der Waals surface area contributed by atoms with Crippen LogP contribution in [0.4, 0.5) is 13.2 Å². The van der Waals surface area contributed by atoms with Gasteiger partial charge in [0.05, 0.1) is 18.9 Å². The van der Waals surface area contributed by atoms with Crippen LogP contribution in [0.2, 0.25) is 0 Å². The third kappa shape index (κ3) is 2.98. The molecule has 1 saturated carbocycles. The van der Waals surface area contributed by atoms with E-state index in [9.17, 15) is 22.8 Å². The molecule has 1 fully saturated rings. The zero-order valence-electron chi connectivity index (χ0n) is 14.1. The van der Waals surface area contributed by atoms with Crippen LogP contribution in [0.3, 0.4) is 0 Å². The SMILES string of the molecule is COC(=O)C1(C(F)(F)F)C=CC(C(=O)c2cnoc2C2CC2)=C(SC)C1. The molecule has 5 nitrogen and oxygen atoms in total. The Labute approximate surface area is 151 Å².